The summed E-state index contributed by atoms with van der Waals surface area (Å²) in [6.45, 7) is 5.72. The number of H-pyrrole nitrogens is 1. The van der Waals surface area contributed by atoms with Crippen LogP contribution in [0.2, 0.25) is 0 Å². The first-order valence-electron chi connectivity index (χ1n) is 7.77. The summed E-state index contributed by atoms with van der Waals surface area (Å²) in [5.41, 5.74) is 2.42. The first kappa shape index (κ1) is 15.6. The predicted octanol–water partition coefficient (Wildman–Crippen LogP) is 3.29. The van der Waals surface area contributed by atoms with Crippen molar-refractivity contribution in [3.8, 4) is 0 Å². The zero-order valence-corrected chi connectivity index (χ0v) is 12.8. The lowest BCUT2D eigenvalue weighted by Crippen LogP contribution is -2.37. The molecule has 1 saturated heterocycles. The number of aromatic amines is 1. The molecule has 1 atom stereocenters. The molecule has 2 aromatic rings. The third kappa shape index (κ3) is 3.45. The van der Waals surface area contributed by atoms with E-state index in [9.17, 15) is 4.79 Å². The minimum absolute atomic E-state index is 0.287. The summed E-state index contributed by atoms with van der Waals surface area (Å²) in [4.78, 5) is 16.5. The highest BCUT2D eigenvalue weighted by molar-refractivity contribution is 5.83. The average molecular weight is 288 g/mol. The quantitative estimate of drug-likeness (QED) is 0.907. The molecule has 0 radical (unpaired) electrons. The number of hydrogen-bond acceptors (Lipinski definition) is 2. The number of carboxylic acid groups (broad SMARTS) is 1. The molecular formula is C17H24N2O2. The molecule has 4 nitrogen and oxygen atoms in total. The van der Waals surface area contributed by atoms with Crippen LogP contribution in [0, 0.1) is 0 Å². The van der Waals surface area contributed by atoms with E-state index in [2.05, 4.69) is 22.0 Å². The summed E-state index contributed by atoms with van der Waals surface area (Å²) >= 11 is 0. The number of para-hydroxylation sites is 1. The molecule has 2 heterocycles. The molecule has 1 unspecified atom stereocenters. The number of aliphatic carboxylic acids is 1. The molecule has 3 rings (SSSR count). The van der Waals surface area contributed by atoms with Crippen molar-refractivity contribution in [3.63, 3.8) is 0 Å². The molecule has 1 aromatic heterocycles. The van der Waals surface area contributed by atoms with E-state index in [1.807, 2.05) is 32.2 Å². The van der Waals surface area contributed by atoms with Crippen molar-refractivity contribution >= 4 is 16.9 Å². The van der Waals surface area contributed by atoms with E-state index in [1.165, 1.54) is 10.9 Å². The Hall–Kier alpha value is -1.81. The monoisotopic (exact) mass is 288 g/mol. The fraction of sp³-hybridized carbons (Fsp3) is 0.471. The van der Waals surface area contributed by atoms with E-state index in [0.717, 1.165) is 37.9 Å². The Kier molecular flexibility index (Phi) is 5.39. The molecule has 0 amide bonds. The zero-order chi connectivity index (χ0) is 15.2. The smallest absolute Gasteiger partial charge is 0.320 e. The minimum Gasteiger partial charge on any atom is -0.480 e. The van der Waals surface area contributed by atoms with Crippen LogP contribution in [-0.4, -0.2) is 40.1 Å². The largest absolute Gasteiger partial charge is 0.480 e. The third-order valence-corrected chi connectivity index (χ3v) is 3.99. The van der Waals surface area contributed by atoms with Crippen LogP contribution in [0.25, 0.3) is 10.9 Å². The summed E-state index contributed by atoms with van der Waals surface area (Å²) in [7, 11) is 0. The van der Waals surface area contributed by atoms with Crippen LogP contribution in [0.1, 0.15) is 32.3 Å². The average Bonchev–Trinajstić information content (AvgIpc) is 3.14. The molecule has 0 bridgehead atoms. The molecule has 1 fully saturated rings. The number of carboxylic acids is 1. The second-order valence-electron chi connectivity index (χ2n) is 5.14. The fourth-order valence-corrected chi connectivity index (χ4v) is 2.98. The fourth-order valence-electron chi connectivity index (χ4n) is 2.98. The Balaban J connectivity index is 0.000000774. The Morgan fingerprint density at radius 3 is 2.90 bits per heavy atom. The predicted molar refractivity (Wildman–Crippen MR) is 85.6 cm³/mol. The maximum atomic E-state index is 11.1. The van der Waals surface area contributed by atoms with Gasteiger partial charge in [0, 0.05) is 23.6 Å². The Labute approximate surface area is 125 Å². The second kappa shape index (κ2) is 7.27. The van der Waals surface area contributed by atoms with Crippen LogP contribution in [0.3, 0.4) is 0 Å². The van der Waals surface area contributed by atoms with Crippen molar-refractivity contribution in [1.82, 2.24) is 9.88 Å². The van der Waals surface area contributed by atoms with Gasteiger partial charge in [-0.05, 0) is 37.4 Å². The van der Waals surface area contributed by atoms with Crippen molar-refractivity contribution in [3.05, 3.63) is 36.0 Å². The summed E-state index contributed by atoms with van der Waals surface area (Å²) in [5, 5.41) is 10.4. The number of aromatic nitrogens is 1. The van der Waals surface area contributed by atoms with Gasteiger partial charge in [0.05, 0.1) is 0 Å². The van der Waals surface area contributed by atoms with E-state index in [0.29, 0.717) is 0 Å². The van der Waals surface area contributed by atoms with Gasteiger partial charge in [-0.25, -0.2) is 0 Å². The van der Waals surface area contributed by atoms with Crippen LogP contribution < -0.4 is 0 Å². The number of nitrogens with one attached hydrogen (secondary N) is 1. The van der Waals surface area contributed by atoms with Crippen LogP contribution in [0.15, 0.2) is 30.5 Å². The van der Waals surface area contributed by atoms with Gasteiger partial charge in [-0.3, -0.25) is 9.69 Å². The van der Waals surface area contributed by atoms with Crippen LogP contribution in [-0.2, 0) is 11.2 Å². The second-order valence-corrected chi connectivity index (χ2v) is 5.14. The maximum Gasteiger partial charge on any atom is 0.320 e. The number of benzene rings is 1. The van der Waals surface area contributed by atoms with Crippen LogP contribution >= 0.6 is 0 Å². The third-order valence-electron chi connectivity index (χ3n) is 3.99. The summed E-state index contributed by atoms with van der Waals surface area (Å²) in [6.07, 6.45) is 4.71. The van der Waals surface area contributed by atoms with Gasteiger partial charge in [-0.15, -0.1) is 0 Å². The van der Waals surface area contributed by atoms with E-state index < -0.39 is 5.97 Å². The first-order chi connectivity index (χ1) is 10.3. The highest BCUT2D eigenvalue weighted by atomic mass is 16.4. The van der Waals surface area contributed by atoms with Gasteiger partial charge >= 0.3 is 5.97 Å². The van der Waals surface area contributed by atoms with Gasteiger partial charge in [-0.1, -0.05) is 32.0 Å². The van der Waals surface area contributed by atoms with Crippen molar-refractivity contribution in [2.45, 2.75) is 39.2 Å². The number of rotatable bonds is 4. The molecule has 4 heteroatoms. The van der Waals surface area contributed by atoms with Crippen LogP contribution in [0.5, 0.6) is 0 Å². The van der Waals surface area contributed by atoms with Crippen molar-refractivity contribution < 1.29 is 9.90 Å². The zero-order valence-electron chi connectivity index (χ0n) is 12.8. The highest BCUT2D eigenvalue weighted by Crippen LogP contribution is 2.21. The Morgan fingerprint density at radius 2 is 2.14 bits per heavy atom. The van der Waals surface area contributed by atoms with Gasteiger partial charge in [0.2, 0.25) is 0 Å². The molecule has 0 spiro atoms. The summed E-state index contributed by atoms with van der Waals surface area (Å²) in [5.74, 6) is -0.684. The number of hydrogen-bond donors (Lipinski definition) is 2. The topological polar surface area (TPSA) is 56.3 Å². The lowest BCUT2D eigenvalue weighted by Gasteiger charge is -2.20. The van der Waals surface area contributed by atoms with E-state index in [4.69, 9.17) is 5.11 Å². The van der Waals surface area contributed by atoms with E-state index in [1.54, 1.807) is 0 Å². The number of nitrogens with zero attached hydrogens (tertiary/aromatic N) is 1. The normalized spacial score (nSPS) is 18.5. The van der Waals surface area contributed by atoms with Gasteiger partial charge < -0.3 is 10.1 Å². The first-order valence-corrected chi connectivity index (χ1v) is 7.77. The summed E-state index contributed by atoms with van der Waals surface area (Å²) < 4.78 is 0. The minimum atomic E-state index is -0.684. The van der Waals surface area contributed by atoms with Crippen LogP contribution in [0.4, 0.5) is 0 Å². The SMILES string of the molecule is CC.O=C(O)C1CCCN1CCc1c[nH]c2ccccc12. The molecule has 1 aliphatic rings. The van der Waals surface area contributed by atoms with Gasteiger partial charge in [0.1, 0.15) is 6.04 Å². The van der Waals surface area contributed by atoms with Gasteiger partial charge in [-0.2, -0.15) is 0 Å². The standard InChI is InChI=1S/C15H18N2O2.C2H6/c18-15(19)14-6-3-8-17(14)9-7-11-10-16-13-5-2-1-4-12(11)13;1-2/h1-2,4-5,10,14,16H,3,6-9H2,(H,18,19);1-2H3. The maximum absolute atomic E-state index is 11.1. The number of fused-ring (bicyclic) bond motifs is 1. The lowest BCUT2D eigenvalue weighted by molar-refractivity contribution is -0.142. The van der Waals surface area contributed by atoms with Crippen molar-refractivity contribution in [1.29, 1.82) is 0 Å². The van der Waals surface area contributed by atoms with Crippen molar-refractivity contribution in [2.24, 2.45) is 0 Å². The molecule has 0 aliphatic carbocycles. The molecule has 0 saturated carbocycles. The molecule has 2 N–H and O–H groups in total. The van der Waals surface area contributed by atoms with Crippen molar-refractivity contribution in [2.75, 3.05) is 13.1 Å². The number of likely N-dealkylation sites (tertiary alicyclic amines) is 1. The van der Waals surface area contributed by atoms with Gasteiger partial charge in [0.15, 0.2) is 0 Å². The molecular weight excluding hydrogens is 264 g/mol. The Morgan fingerprint density at radius 1 is 1.38 bits per heavy atom. The van der Waals surface area contributed by atoms with Gasteiger partial charge in [0.25, 0.3) is 0 Å². The molecule has 114 valence electrons. The van der Waals surface area contributed by atoms with E-state index >= 15 is 0 Å². The number of carbonyl (C=O) groups is 1. The van der Waals surface area contributed by atoms with E-state index in [-0.39, 0.29) is 6.04 Å². The Bertz CT molecular complexity index is 591. The lowest BCUT2D eigenvalue weighted by atomic mass is 10.1. The molecule has 21 heavy (non-hydrogen) atoms. The molecule has 1 aromatic carbocycles. The molecule has 1 aliphatic heterocycles. The highest BCUT2D eigenvalue weighted by Gasteiger charge is 2.29. The summed E-state index contributed by atoms with van der Waals surface area (Å²) in [6, 6.07) is 7.94.